The van der Waals surface area contributed by atoms with Crippen LogP contribution >= 0.6 is 0 Å². The minimum atomic E-state index is -0.523. The Morgan fingerprint density at radius 3 is 2.21 bits per heavy atom. The molecule has 0 bridgehead atoms. The molecule has 1 aromatic rings. The van der Waals surface area contributed by atoms with Crippen LogP contribution in [0.4, 0.5) is 4.79 Å². The Labute approximate surface area is 166 Å². The van der Waals surface area contributed by atoms with E-state index in [9.17, 15) is 14.4 Å². The zero-order chi connectivity index (χ0) is 20.3. The van der Waals surface area contributed by atoms with Crippen LogP contribution in [0.1, 0.15) is 56.8 Å². The second-order valence-electron chi connectivity index (χ2n) is 8.66. The number of Topliss-reactive ketones (excluding diaryl/α,β-unsaturated/α-hetero) is 1. The maximum Gasteiger partial charge on any atom is 0.410 e. The third-order valence-electron chi connectivity index (χ3n) is 5.39. The van der Waals surface area contributed by atoms with Gasteiger partial charge in [-0.2, -0.15) is 0 Å². The van der Waals surface area contributed by atoms with E-state index >= 15 is 0 Å². The SMILES string of the molecule is CC(C)(C)OC(=O)N1CCC(C(=O)N2CCCC2C(=O)c2ccccc2)CC1. The largest absolute Gasteiger partial charge is 0.444 e. The topological polar surface area (TPSA) is 66.9 Å². The van der Waals surface area contributed by atoms with Crippen molar-refractivity contribution in [1.29, 1.82) is 0 Å². The van der Waals surface area contributed by atoms with Gasteiger partial charge in [0.05, 0.1) is 6.04 Å². The zero-order valence-electron chi connectivity index (χ0n) is 17.0. The summed E-state index contributed by atoms with van der Waals surface area (Å²) >= 11 is 0. The molecule has 0 aromatic heterocycles. The summed E-state index contributed by atoms with van der Waals surface area (Å²) in [4.78, 5) is 41.6. The lowest BCUT2D eigenvalue weighted by Crippen LogP contribution is -2.48. The van der Waals surface area contributed by atoms with E-state index in [2.05, 4.69) is 0 Å². The van der Waals surface area contributed by atoms with Crippen LogP contribution in [0.15, 0.2) is 30.3 Å². The monoisotopic (exact) mass is 386 g/mol. The summed E-state index contributed by atoms with van der Waals surface area (Å²) in [5, 5.41) is 0. The maximum atomic E-state index is 13.1. The van der Waals surface area contributed by atoms with Gasteiger partial charge < -0.3 is 14.5 Å². The average Bonchev–Trinajstić information content (AvgIpc) is 3.16. The van der Waals surface area contributed by atoms with Crippen LogP contribution in [0, 0.1) is 5.92 Å². The van der Waals surface area contributed by atoms with Crippen LogP contribution < -0.4 is 0 Å². The second kappa shape index (κ2) is 8.33. The van der Waals surface area contributed by atoms with Crippen LogP contribution in [0.25, 0.3) is 0 Å². The molecule has 0 radical (unpaired) electrons. The molecule has 152 valence electrons. The van der Waals surface area contributed by atoms with E-state index in [0.29, 0.717) is 38.0 Å². The normalized spacial score (nSPS) is 20.9. The van der Waals surface area contributed by atoms with Crippen LogP contribution in [0.3, 0.4) is 0 Å². The summed E-state index contributed by atoms with van der Waals surface area (Å²) in [5.41, 5.74) is 0.136. The molecule has 1 atom stereocenters. The van der Waals surface area contributed by atoms with Crippen LogP contribution in [0.2, 0.25) is 0 Å². The highest BCUT2D eigenvalue weighted by Gasteiger charge is 2.39. The number of amides is 2. The highest BCUT2D eigenvalue weighted by atomic mass is 16.6. The number of likely N-dealkylation sites (tertiary alicyclic amines) is 2. The standard InChI is InChI=1S/C22H30N2O4/c1-22(2,3)28-21(27)23-14-11-17(12-15-23)20(26)24-13-7-10-18(24)19(25)16-8-5-4-6-9-16/h4-6,8-9,17-18H,7,10-15H2,1-3H3. The van der Waals surface area contributed by atoms with Gasteiger partial charge in [-0.1, -0.05) is 30.3 Å². The van der Waals surface area contributed by atoms with Crippen molar-refractivity contribution in [2.75, 3.05) is 19.6 Å². The fourth-order valence-electron chi connectivity index (χ4n) is 3.97. The number of piperidine rings is 1. The Hall–Kier alpha value is -2.37. The molecule has 2 amide bonds. The Kier molecular flexibility index (Phi) is 6.06. The fraction of sp³-hybridized carbons (Fsp3) is 0.591. The lowest BCUT2D eigenvalue weighted by Gasteiger charge is -2.35. The fourth-order valence-corrected chi connectivity index (χ4v) is 3.97. The van der Waals surface area contributed by atoms with Crippen LogP contribution in [-0.4, -0.2) is 58.9 Å². The van der Waals surface area contributed by atoms with Gasteiger partial charge in [0.25, 0.3) is 0 Å². The van der Waals surface area contributed by atoms with Crippen molar-refractivity contribution in [3.63, 3.8) is 0 Å². The first kappa shape index (κ1) is 20.4. The van der Waals surface area contributed by atoms with Gasteiger partial charge in [0.1, 0.15) is 5.60 Å². The van der Waals surface area contributed by atoms with Crippen molar-refractivity contribution >= 4 is 17.8 Å². The van der Waals surface area contributed by atoms with Gasteiger partial charge in [0, 0.05) is 31.1 Å². The Morgan fingerprint density at radius 2 is 1.61 bits per heavy atom. The van der Waals surface area contributed by atoms with Gasteiger partial charge in [-0.25, -0.2) is 4.79 Å². The molecule has 3 rings (SSSR count). The molecule has 1 aromatic carbocycles. The van der Waals surface area contributed by atoms with Gasteiger partial charge in [0.2, 0.25) is 5.91 Å². The lowest BCUT2D eigenvalue weighted by molar-refractivity contribution is -0.137. The summed E-state index contributed by atoms with van der Waals surface area (Å²) in [6.07, 6.45) is 2.47. The van der Waals surface area contributed by atoms with Crippen LogP contribution in [-0.2, 0) is 9.53 Å². The van der Waals surface area contributed by atoms with E-state index in [-0.39, 0.29) is 29.7 Å². The van der Waals surface area contributed by atoms with E-state index in [4.69, 9.17) is 4.74 Å². The van der Waals surface area contributed by atoms with Gasteiger partial charge in [-0.3, -0.25) is 9.59 Å². The molecule has 2 aliphatic rings. The smallest absolute Gasteiger partial charge is 0.410 e. The summed E-state index contributed by atoms with van der Waals surface area (Å²) in [7, 11) is 0. The average molecular weight is 386 g/mol. The molecule has 0 aliphatic carbocycles. The molecule has 6 nitrogen and oxygen atoms in total. The molecule has 0 N–H and O–H groups in total. The van der Waals surface area contributed by atoms with Crippen molar-refractivity contribution in [2.45, 2.75) is 58.1 Å². The van der Waals surface area contributed by atoms with E-state index < -0.39 is 5.60 Å². The number of ketones is 1. The highest BCUT2D eigenvalue weighted by Crippen LogP contribution is 2.27. The first-order valence-electron chi connectivity index (χ1n) is 10.1. The highest BCUT2D eigenvalue weighted by molar-refractivity contribution is 6.02. The zero-order valence-corrected chi connectivity index (χ0v) is 17.0. The van der Waals surface area contributed by atoms with Crippen molar-refractivity contribution < 1.29 is 19.1 Å². The quantitative estimate of drug-likeness (QED) is 0.746. The Balaban J connectivity index is 1.58. The molecule has 2 fully saturated rings. The molecule has 2 aliphatic heterocycles. The number of hydrogen-bond donors (Lipinski definition) is 0. The van der Waals surface area contributed by atoms with Crippen molar-refractivity contribution in [2.24, 2.45) is 5.92 Å². The minimum absolute atomic E-state index is 0.0256. The van der Waals surface area contributed by atoms with Gasteiger partial charge in [0.15, 0.2) is 5.78 Å². The Bertz CT molecular complexity index is 718. The molecule has 0 spiro atoms. The second-order valence-corrected chi connectivity index (χ2v) is 8.66. The van der Waals surface area contributed by atoms with Crippen LogP contribution in [0.5, 0.6) is 0 Å². The molecule has 0 saturated carbocycles. The molecule has 1 unspecified atom stereocenters. The molecular formula is C22H30N2O4. The number of ether oxygens (including phenoxy) is 1. The number of rotatable bonds is 3. The lowest BCUT2D eigenvalue weighted by atomic mass is 9.94. The van der Waals surface area contributed by atoms with Crippen molar-refractivity contribution in [1.82, 2.24) is 9.80 Å². The summed E-state index contributed by atoms with van der Waals surface area (Å²) in [6, 6.07) is 8.83. The number of hydrogen-bond acceptors (Lipinski definition) is 4. The van der Waals surface area contributed by atoms with E-state index in [1.165, 1.54) is 0 Å². The Morgan fingerprint density at radius 1 is 0.964 bits per heavy atom. The maximum absolute atomic E-state index is 13.1. The minimum Gasteiger partial charge on any atom is -0.444 e. The third-order valence-corrected chi connectivity index (χ3v) is 5.39. The molecule has 6 heteroatoms. The van der Waals surface area contributed by atoms with Gasteiger partial charge >= 0.3 is 6.09 Å². The van der Waals surface area contributed by atoms with Crippen molar-refractivity contribution in [3.05, 3.63) is 35.9 Å². The summed E-state index contributed by atoms with van der Waals surface area (Å²) in [6.45, 7) is 7.19. The first-order chi connectivity index (χ1) is 13.3. The molecule has 2 heterocycles. The van der Waals surface area contributed by atoms with Crippen molar-refractivity contribution in [3.8, 4) is 0 Å². The number of nitrogens with zero attached hydrogens (tertiary/aromatic N) is 2. The number of carbonyl (C=O) groups is 3. The van der Waals surface area contributed by atoms with E-state index in [1.54, 1.807) is 9.80 Å². The summed E-state index contributed by atoms with van der Waals surface area (Å²) in [5.74, 6) is -0.0591. The third kappa shape index (κ3) is 4.72. The van der Waals surface area contributed by atoms with Gasteiger partial charge in [-0.15, -0.1) is 0 Å². The molecule has 2 saturated heterocycles. The molecule has 28 heavy (non-hydrogen) atoms. The van der Waals surface area contributed by atoms with E-state index in [1.807, 2.05) is 51.1 Å². The first-order valence-corrected chi connectivity index (χ1v) is 10.1. The summed E-state index contributed by atoms with van der Waals surface area (Å²) < 4.78 is 5.42. The predicted molar refractivity (Wildman–Crippen MR) is 106 cm³/mol. The predicted octanol–water partition coefficient (Wildman–Crippen LogP) is 3.51. The van der Waals surface area contributed by atoms with E-state index in [0.717, 1.165) is 12.8 Å². The number of benzene rings is 1. The molecular weight excluding hydrogens is 356 g/mol. The number of carbonyl (C=O) groups excluding carboxylic acids is 3. The van der Waals surface area contributed by atoms with Gasteiger partial charge in [-0.05, 0) is 46.5 Å².